The second-order valence-electron chi connectivity index (χ2n) is 14.1. The summed E-state index contributed by atoms with van der Waals surface area (Å²) in [4.78, 5) is 74.7. The maximum atomic E-state index is 13.5. The van der Waals surface area contributed by atoms with Crippen LogP contribution >= 0.6 is 0 Å². The number of benzene rings is 2. The second kappa shape index (κ2) is 16.1. The number of fused-ring (bicyclic) bond motifs is 2. The Morgan fingerprint density at radius 3 is 1.61 bits per heavy atom. The Morgan fingerprint density at radius 2 is 1.20 bits per heavy atom. The van der Waals surface area contributed by atoms with Crippen LogP contribution in [0.2, 0.25) is 0 Å². The number of anilines is 2. The highest BCUT2D eigenvalue weighted by molar-refractivity contribution is 6.43. The molecule has 0 bridgehead atoms. The number of hydrogen-bond acceptors (Lipinski definition) is 8. The molecule has 0 saturated heterocycles. The number of Topliss-reactive ketones (excluding diaryl/α,β-unsaturated/α-hetero) is 2. The van der Waals surface area contributed by atoms with Gasteiger partial charge in [0.05, 0.1) is 28.6 Å². The molecule has 308 valence electrons. The number of rotatable bonds is 10. The zero-order valence-corrected chi connectivity index (χ0v) is 30.9. The Hall–Kier alpha value is -6.92. The van der Waals surface area contributed by atoms with E-state index < -0.39 is 64.1 Å². The molecule has 5 N–H and O–H groups in total. The van der Waals surface area contributed by atoms with E-state index in [0.717, 1.165) is 24.3 Å². The van der Waals surface area contributed by atoms with Crippen LogP contribution in [0.1, 0.15) is 103 Å². The summed E-state index contributed by atoms with van der Waals surface area (Å²) in [5.74, 6) is -9.58. The molecule has 15 nitrogen and oxygen atoms in total. The van der Waals surface area contributed by atoms with Crippen LogP contribution in [0.4, 0.5) is 28.9 Å². The molecule has 0 spiro atoms. The van der Waals surface area contributed by atoms with Crippen molar-refractivity contribution in [2.45, 2.75) is 78.4 Å². The number of nitrogens with one attached hydrogen (secondary N) is 4. The third kappa shape index (κ3) is 7.74. The van der Waals surface area contributed by atoms with Crippen LogP contribution < -0.4 is 16.0 Å². The molecular formula is C40H38F4N8O7. The number of ketones is 2. The Kier molecular flexibility index (Phi) is 11.4. The van der Waals surface area contributed by atoms with E-state index in [1.165, 1.54) is 25.3 Å². The number of carboxylic acids is 1. The molecule has 1 fully saturated rings. The van der Waals surface area contributed by atoms with E-state index in [9.17, 15) is 46.3 Å². The molecule has 0 atom stereocenters. The quantitative estimate of drug-likeness (QED) is 0.0678. The van der Waals surface area contributed by atoms with Crippen LogP contribution in [-0.4, -0.2) is 64.9 Å². The first-order valence-corrected chi connectivity index (χ1v) is 18.1. The van der Waals surface area contributed by atoms with Crippen molar-refractivity contribution in [2.24, 2.45) is 0 Å². The Bertz CT molecular complexity index is 2560. The molecule has 3 amide bonds. The fraction of sp³-hybridized carbons (Fsp3) is 0.300. The van der Waals surface area contributed by atoms with Crippen molar-refractivity contribution < 1.29 is 51.4 Å². The van der Waals surface area contributed by atoms with Crippen LogP contribution in [-0.2, 0) is 41.1 Å². The van der Waals surface area contributed by atoms with Crippen molar-refractivity contribution in [1.82, 2.24) is 29.9 Å². The number of hydrogen-bond donors (Lipinski definition) is 5. The number of aliphatic carboxylic acids is 1. The number of halogens is 4. The number of aromatic amines is 1. The molecular weight excluding hydrogens is 780 g/mol. The first-order chi connectivity index (χ1) is 27.6. The van der Waals surface area contributed by atoms with E-state index in [0.29, 0.717) is 74.3 Å². The molecule has 2 aliphatic heterocycles. The van der Waals surface area contributed by atoms with Gasteiger partial charge in [-0.1, -0.05) is 7.43 Å². The van der Waals surface area contributed by atoms with Crippen molar-refractivity contribution >= 4 is 46.6 Å². The summed E-state index contributed by atoms with van der Waals surface area (Å²) in [5, 5.41) is 27.1. The molecule has 3 aromatic heterocycles. The minimum atomic E-state index is -1.59. The zero-order valence-electron chi connectivity index (χ0n) is 30.9. The lowest BCUT2D eigenvalue weighted by atomic mass is 10.0. The fourth-order valence-corrected chi connectivity index (χ4v) is 7.65. The lowest BCUT2D eigenvalue weighted by Gasteiger charge is -2.14. The number of carbonyl (C=O) groups excluding carboxylic acids is 5. The lowest BCUT2D eigenvalue weighted by molar-refractivity contribution is -0.131. The molecule has 3 aliphatic rings. The Labute approximate surface area is 333 Å². The van der Waals surface area contributed by atoms with Crippen LogP contribution in [0.25, 0.3) is 0 Å². The predicted molar refractivity (Wildman–Crippen MR) is 202 cm³/mol. The summed E-state index contributed by atoms with van der Waals surface area (Å²) in [5.41, 5.74) is 2.47. The SMILES string of the molecule is C.Cc1c(C(=O)Nc2ccc(F)c(F)c2)c2n(c1C(=O)C(=O)NC1(c3cn[nH]n3)CC1)CCC2.Cc1c(C(=O)Nc2ccc(F)c(F)c2)c2n(c1C(=O)C(=O)O)CCC2. The Morgan fingerprint density at radius 1 is 0.729 bits per heavy atom. The van der Waals surface area contributed by atoms with Crippen LogP contribution in [0.15, 0.2) is 42.6 Å². The van der Waals surface area contributed by atoms with E-state index in [2.05, 4.69) is 31.4 Å². The standard InChI is InChI=1S/C22H20F2N6O3.C17H14F2N2O4.CH4/c1-11-17(20(32)26-12-4-5-13(23)14(24)9-12)15-3-2-8-30(15)18(11)19(31)21(33)27-22(6-7-22)16-10-25-29-28-16;1-8-13(16(23)20-9-4-5-10(18)11(19)7-9)12-3-2-6-21(12)14(8)15(22)17(24)25;/h4-5,9-10H,2-3,6-8H2,1H3,(H,26,32)(H,27,33)(H,25,28,29);4-5,7H,2-3,6H2,1H3,(H,20,23)(H,24,25);1H4. The highest BCUT2D eigenvalue weighted by Gasteiger charge is 2.49. The maximum Gasteiger partial charge on any atom is 0.378 e. The zero-order chi connectivity index (χ0) is 41.6. The van der Waals surface area contributed by atoms with Crippen LogP contribution in [0.5, 0.6) is 0 Å². The molecule has 5 aromatic rings. The van der Waals surface area contributed by atoms with Gasteiger partial charge in [-0.2, -0.15) is 15.4 Å². The van der Waals surface area contributed by atoms with Gasteiger partial charge in [0.15, 0.2) is 23.3 Å². The number of nitrogens with zero attached hydrogens (tertiary/aromatic N) is 4. The molecule has 0 radical (unpaired) electrons. The average molecular weight is 819 g/mol. The highest BCUT2D eigenvalue weighted by Crippen LogP contribution is 2.44. The summed E-state index contributed by atoms with van der Waals surface area (Å²) < 4.78 is 56.3. The largest absolute Gasteiger partial charge is 0.475 e. The van der Waals surface area contributed by atoms with Gasteiger partial charge in [-0.05, 0) is 87.8 Å². The number of carboxylic acid groups (broad SMARTS) is 1. The third-order valence-corrected chi connectivity index (χ3v) is 10.5. The van der Waals surface area contributed by atoms with Crippen molar-refractivity contribution in [1.29, 1.82) is 0 Å². The van der Waals surface area contributed by atoms with E-state index in [4.69, 9.17) is 5.11 Å². The second-order valence-corrected chi connectivity index (χ2v) is 14.1. The van der Waals surface area contributed by atoms with E-state index >= 15 is 0 Å². The van der Waals surface area contributed by atoms with Crippen molar-refractivity contribution in [3.8, 4) is 0 Å². The van der Waals surface area contributed by atoms with Crippen LogP contribution in [0.3, 0.4) is 0 Å². The van der Waals surface area contributed by atoms with Gasteiger partial charge in [0, 0.05) is 48.0 Å². The Balaban J connectivity index is 0.000000203. The fourth-order valence-electron chi connectivity index (χ4n) is 7.65. The van der Waals surface area contributed by atoms with Gasteiger partial charge in [0.1, 0.15) is 11.4 Å². The predicted octanol–water partition coefficient (Wildman–Crippen LogP) is 5.56. The van der Waals surface area contributed by atoms with Gasteiger partial charge in [-0.25, -0.2) is 22.4 Å². The minimum Gasteiger partial charge on any atom is -0.475 e. The van der Waals surface area contributed by atoms with Crippen molar-refractivity contribution in [2.75, 3.05) is 10.6 Å². The number of carbonyl (C=O) groups is 6. The smallest absolute Gasteiger partial charge is 0.378 e. The summed E-state index contributed by atoms with van der Waals surface area (Å²) >= 11 is 0. The summed E-state index contributed by atoms with van der Waals surface area (Å²) in [6.45, 7) is 4.05. The van der Waals surface area contributed by atoms with E-state index in [-0.39, 0.29) is 46.9 Å². The van der Waals surface area contributed by atoms with Crippen molar-refractivity contribution in [3.05, 3.63) is 117 Å². The first-order valence-electron chi connectivity index (χ1n) is 18.1. The number of H-pyrrole nitrogens is 1. The van der Waals surface area contributed by atoms with Gasteiger partial charge in [-0.15, -0.1) is 0 Å². The van der Waals surface area contributed by atoms with Crippen molar-refractivity contribution in [3.63, 3.8) is 0 Å². The molecule has 8 rings (SSSR count). The lowest BCUT2D eigenvalue weighted by Crippen LogP contribution is -2.40. The first kappa shape index (κ1) is 41.7. The monoisotopic (exact) mass is 818 g/mol. The molecule has 1 saturated carbocycles. The van der Waals surface area contributed by atoms with Gasteiger partial charge in [-0.3, -0.25) is 24.0 Å². The normalized spacial score (nSPS) is 14.2. The third-order valence-electron chi connectivity index (χ3n) is 10.5. The van der Waals surface area contributed by atoms with Crippen LogP contribution in [0, 0.1) is 37.1 Å². The number of amides is 3. The molecule has 0 unspecified atom stereocenters. The van der Waals surface area contributed by atoms with E-state index in [1.807, 2.05) is 0 Å². The maximum absolute atomic E-state index is 13.5. The van der Waals surface area contributed by atoms with Gasteiger partial charge < -0.3 is 30.2 Å². The molecule has 59 heavy (non-hydrogen) atoms. The van der Waals surface area contributed by atoms with Gasteiger partial charge in [0.25, 0.3) is 29.3 Å². The average Bonchev–Trinajstić information content (AvgIpc) is 3.74. The minimum absolute atomic E-state index is 0. The summed E-state index contributed by atoms with van der Waals surface area (Å²) in [6, 6.07) is 6.01. The molecule has 2 aromatic carbocycles. The summed E-state index contributed by atoms with van der Waals surface area (Å²) in [7, 11) is 0. The van der Waals surface area contributed by atoms with E-state index in [1.54, 1.807) is 16.1 Å². The molecule has 19 heteroatoms. The topological polar surface area (TPSA) is 210 Å². The van der Waals surface area contributed by atoms with Gasteiger partial charge in [0.2, 0.25) is 0 Å². The molecule has 5 heterocycles. The van der Waals surface area contributed by atoms with Gasteiger partial charge >= 0.3 is 5.97 Å². The highest BCUT2D eigenvalue weighted by atomic mass is 19.2. The summed E-state index contributed by atoms with van der Waals surface area (Å²) in [6.07, 6.45) is 5.27. The molecule has 1 aliphatic carbocycles. The number of aromatic nitrogens is 5.